The molecule has 2 rings (SSSR count). The van der Waals surface area contributed by atoms with Gasteiger partial charge in [-0.2, -0.15) is 0 Å². The van der Waals surface area contributed by atoms with Crippen molar-refractivity contribution in [2.45, 2.75) is 39.2 Å². The monoisotopic (exact) mass is 285 g/mol. The van der Waals surface area contributed by atoms with Gasteiger partial charge in [-0.25, -0.2) is 13.2 Å². The summed E-state index contributed by atoms with van der Waals surface area (Å²) < 4.78 is 40.5. The SMILES string of the molecule is CNC(c1ccc(F)c(F)c1F)C1CC(C)CC(C)C1. The van der Waals surface area contributed by atoms with Gasteiger partial charge in [0.05, 0.1) is 0 Å². The molecule has 0 aromatic heterocycles. The zero-order chi connectivity index (χ0) is 14.9. The molecule has 3 atom stereocenters. The first kappa shape index (κ1) is 15.4. The number of hydrogen-bond donors (Lipinski definition) is 1. The van der Waals surface area contributed by atoms with Crippen LogP contribution in [0.15, 0.2) is 12.1 Å². The maximum Gasteiger partial charge on any atom is 0.194 e. The van der Waals surface area contributed by atoms with Crippen molar-refractivity contribution in [1.29, 1.82) is 0 Å². The standard InChI is InChI=1S/C16H22F3N/c1-9-6-10(2)8-11(7-9)16(20-3)12-4-5-13(17)15(19)14(12)18/h4-5,9-11,16,20H,6-8H2,1-3H3. The highest BCUT2D eigenvalue weighted by atomic mass is 19.2. The van der Waals surface area contributed by atoms with Gasteiger partial charge in [0, 0.05) is 11.6 Å². The minimum atomic E-state index is -1.38. The van der Waals surface area contributed by atoms with Crippen molar-refractivity contribution in [1.82, 2.24) is 5.32 Å². The number of benzene rings is 1. The van der Waals surface area contributed by atoms with Crippen LogP contribution in [-0.2, 0) is 0 Å². The molecule has 0 radical (unpaired) electrons. The molecule has 1 saturated carbocycles. The van der Waals surface area contributed by atoms with Gasteiger partial charge in [0.2, 0.25) is 0 Å². The van der Waals surface area contributed by atoms with Gasteiger partial charge in [0.25, 0.3) is 0 Å². The lowest BCUT2D eigenvalue weighted by Crippen LogP contribution is -2.32. The fourth-order valence-electron chi connectivity index (χ4n) is 3.71. The topological polar surface area (TPSA) is 12.0 Å². The molecule has 1 nitrogen and oxygen atoms in total. The second-order valence-electron chi connectivity index (χ2n) is 6.21. The predicted molar refractivity (Wildman–Crippen MR) is 73.8 cm³/mol. The van der Waals surface area contributed by atoms with Gasteiger partial charge >= 0.3 is 0 Å². The van der Waals surface area contributed by atoms with Crippen LogP contribution in [0.25, 0.3) is 0 Å². The Morgan fingerprint density at radius 2 is 1.60 bits per heavy atom. The lowest BCUT2D eigenvalue weighted by atomic mass is 9.72. The van der Waals surface area contributed by atoms with Gasteiger partial charge in [0.15, 0.2) is 17.5 Å². The largest absolute Gasteiger partial charge is 0.313 e. The Kier molecular flexibility index (Phi) is 4.74. The quantitative estimate of drug-likeness (QED) is 0.810. The van der Waals surface area contributed by atoms with Gasteiger partial charge in [-0.1, -0.05) is 19.9 Å². The third kappa shape index (κ3) is 3.00. The number of halogens is 3. The fraction of sp³-hybridized carbons (Fsp3) is 0.625. The molecule has 0 aliphatic heterocycles. The summed E-state index contributed by atoms with van der Waals surface area (Å²) in [5.41, 5.74) is 0.234. The first-order valence-electron chi connectivity index (χ1n) is 7.24. The van der Waals surface area contributed by atoms with Crippen molar-refractivity contribution in [2.75, 3.05) is 7.05 Å². The second-order valence-corrected chi connectivity index (χ2v) is 6.21. The van der Waals surface area contributed by atoms with E-state index in [-0.39, 0.29) is 17.5 Å². The van der Waals surface area contributed by atoms with Crippen LogP contribution >= 0.6 is 0 Å². The highest BCUT2D eigenvalue weighted by Gasteiger charge is 2.32. The summed E-state index contributed by atoms with van der Waals surface area (Å²) >= 11 is 0. The molecule has 0 spiro atoms. The van der Waals surface area contributed by atoms with E-state index in [0.717, 1.165) is 18.9 Å². The lowest BCUT2D eigenvalue weighted by Gasteiger charge is -2.36. The van der Waals surface area contributed by atoms with Crippen LogP contribution in [0.2, 0.25) is 0 Å². The van der Waals surface area contributed by atoms with Gasteiger partial charge in [-0.3, -0.25) is 0 Å². The van der Waals surface area contributed by atoms with E-state index >= 15 is 0 Å². The second kappa shape index (κ2) is 6.17. The summed E-state index contributed by atoms with van der Waals surface area (Å²) in [5, 5.41) is 3.09. The van der Waals surface area contributed by atoms with Crippen molar-refractivity contribution in [3.8, 4) is 0 Å². The fourth-order valence-corrected chi connectivity index (χ4v) is 3.71. The minimum Gasteiger partial charge on any atom is -0.313 e. The molecule has 20 heavy (non-hydrogen) atoms. The molecule has 0 heterocycles. The van der Waals surface area contributed by atoms with Crippen LogP contribution in [0.4, 0.5) is 13.2 Å². The molecule has 1 N–H and O–H groups in total. The van der Waals surface area contributed by atoms with Crippen molar-refractivity contribution in [3.63, 3.8) is 0 Å². The number of nitrogens with one attached hydrogen (secondary N) is 1. The molecular weight excluding hydrogens is 263 g/mol. The van der Waals surface area contributed by atoms with Crippen LogP contribution < -0.4 is 5.32 Å². The first-order chi connectivity index (χ1) is 9.43. The van der Waals surface area contributed by atoms with E-state index in [1.54, 1.807) is 7.05 Å². The molecule has 1 fully saturated rings. The Bertz CT molecular complexity index is 465. The smallest absolute Gasteiger partial charge is 0.194 e. The molecule has 0 saturated heterocycles. The summed E-state index contributed by atoms with van der Waals surface area (Å²) in [6.07, 6.45) is 3.13. The van der Waals surface area contributed by atoms with E-state index in [0.29, 0.717) is 11.8 Å². The maximum absolute atomic E-state index is 14.0. The first-order valence-corrected chi connectivity index (χ1v) is 7.24. The van der Waals surface area contributed by atoms with Crippen molar-refractivity contribution in [2.24, 2.45) is 17.8 Å². The zero-order valence-corrected chi connectivity index (χ0v) is 12.2. The van der Waals surface area contributed by atoms with Gasteiger partial charge in [-0.15, -0.1) is 0 Å². The molecule has 1 aromatic rings. The number of hydrogen-bond acceptors (Lipinski definition) is 1. The Labute approximate surface area is 118 Å². The summed E-state index contributed by atoms with van der Waals surface area (Å²) in [4.78, 5) is 0. The lowest BCUT2D eigenvalue weighted by molar-refractivity contribution is 0.178. The number of rotatable bonds is 3. The molecule has 1 aliphatic carbocycles. The third-order valence-electron chi connectivity index (χ3n) is 4.40. The molecule has 1 aliphatic rings. The normalized spacial score (nSPS) is 28.4. The Hall–Kier alpha value is -1.03. The Morgan fingerprint density at radius 1 is 1.00 bits per heavy atom. The predicted octanol–water partition coefficient (Wildman–Crippen LogP) is 4.44. The molecule has 0 bridgehead atoms. The summed E-state index contributed by atoms with van der Waals surface area (Å²) in [6.45, 7) is 4.38. The molecule has 1 aromatic carbocycles. The maximum atomic E-state index is 14.0. The van der Waals surface area contributed by atoms with Crippen LogP contribution in [-0.4, -0.2) is 7.05 Å². The molecular formula is C16H22F3N. The van der Waals surface area contributed by atoms with E-state index < -0.39 is 17.5 Å². The highest BCUT2D eigenvalue weighted by molar-refractivity contribution is 5.24. The van der Waals surface area contributed by atoms with Crippen LogP contribution in [0.5, 0.6) is 0 Å². The van der Waals surface area contributed by atoms with E-state index in [9.17, 15) is 13.2 Å². The van der Waals surface area contributed by atoms with Crippen molar-refractivity contribution >= 4 is 0 Å². The van der Waals surface area contributed by atoms with Gasteiger partial charge < -0.3 is 5.32 Å². The van der Waals surface area contributed by atoms with Crippen LogP contribution in [0.1, 0.15) is 44.7 Å². The summed E-state index contributed by atoms with van der Waals surface area (Å²) in [7, 11) is 1.75. The average molecular weight is 285 g/mol. The van der Waals surface area contributed by atoms with E-state index in [4.69, 9.17) is 0 Å². The van der Waals surface area contributed by atoms with E-state index in [2.05, 4.69) is 19.2 Å². The van der Waals surface area contributed by atoms with Gasteiger partial charge in [0.1, 0.15) is 0 Å². The Morgan fingerprint density at radius 3 is 2.15 bits per heavy atom. The van der Waals surface area contributed by atoms with Crippen molar-refractivity contribution < 1.29 is 13.2 Å². The van der Waals surface area contributed by atoms with E-state index in [1.807, 2.05) is 0 Å². The van der Waals surface area contributed by atoms with Gasteiger partial charge in [-0.05, 0) is 50.1 Å². The van der Waals surface area contributed by atoms with Crippen molar-refractivity contribution in [3.05, 3.63) is 35.1 Å². The molecule has 112 valence electrons. The van der Waals surface area contributed by atoms with E-state index in [1.165, 1.54) is 12.5 Å². The third-order valence-corrected chi connectivity index (χ3v) is 4.40. The summed E-state index contributed by atoms with van der Waals surface area (Å²) in [6, 6.07) is 2.10. The molecule has 3 unspecified atom stereocenters. The zero-order valence-electron chi connectivity index (χ0n) is 12.2. The summed E-state index contributed by atoms with van der Waals surface area (Å²) in [5.74, 6) is -2.17. The highest BCUT2D eigenvalue weighted by Crippen LogP contribution is 2.40. The van der Waals surface area contributed by atoms with Crippen LogP contribution in [0, 0.1) is 35.2 Å². The Balaban J connectivity index is 2.30. The molecule has 0 amide bonds. The minimum absolute atomic E-state index is 0.234. The molecule has 4 heteroatoms. The van der Waals surface area contributed by atoms with Crippen LogP contribution in [0.3, 0.4) is 0 Å². The average Bonchev–Trinajstić information content (AvgIpc) is 2.38.